The first-order valence-corrected chi connectivity index (χ1v) is 9.97. The van der Waals surface area contributed by atoms with Gasteiger partial charge in [-0.1, -0.05) is 0 Å². The number of H-pyrrole nitrogens is 1. The maximum Gasteiger partial charge on any atom is 0.203 e. The van der Waals surface area contributed by atoms with Gasteiger partial charge in [0.1, 0.15) is 0 Å². The van der Waals surface area contributed by atoms with Crippen LogP contribution in [0.1, 0.15) is 32.8 Å². The van der Waals surface area contributed by atoms with Gasteiger partial charge in [0.05, 0.1) is 22.5 Å². The number of aliphatic imine (C=N–C) groups is 1. The van der Waals surface area contributed by atoms with Gasteiger partial charge in [-0.3, -0.25) is 19.4 Å². The normalized spacial score (nSPS) is 18.0. The van der Waals surface area contributed by atoms with Gasteiger partial charge >= 0.3 is 0 Å². The van der Waals surface area contributed by atoms with E-state index in [2.05, 4.69) is 15.3 Å². The predicted octanol–water partition coefficient (Wildman–Crippen LogP) is 1.81. The van der Waals surface area contributed by atoms with Crippen LogP contribution in [0.5, 0.6) is 0 Å². The molecule has 0 fully saturated rings. The first-order valence-electron chi connectivity index (χ1n) is 9.97. The summed E-state index contributed by atoms with van der Waals surface area (Å²) in [5.41, 5.74) is 3.87. The summed E-state index contributed by atoms with van der Waals surface area (Å²) in [6.07, 6.45) is 9.35. The Hall–Kier alpha value is -3.16. The van der Waals surface area contributed by atoms with Crippen molar-refractivity contribution in [3.05, 3.63) is 69.2 Å². The number of nitrogens with one attached hydrogen (secondary N) is 2. The van der Waals surface area contributed by atoms with Gasteiger partial charge in [0.15, 0.2) is 11.6 Å². The van der Waals surface area contributed by atoms with Crippen LogP contribution in [0.4, 0.5) is 0 Å². The van der Waals surface area contributed by atoms with Gasteiger partial charge in [-0.25, -0.2) is 0 Å². The van der Waals surface area contributed by atoms with E-state index in [1.807, 2.05) is 26.0 Å². The van der Waals surface area contributed by atoms with E-state index in [1.54, 1.807) is 24.6 Å². The molecule has 0 aromatic carbocycles. The van der Waals surface area contributed by atoms with Crippen molar-refractivity contribution in [3.8, 4) is 0 Å². The van der Waals surface area contributed by atoms with E-state index in [1.165, 1.54) is 6.08 Å². The number of rotatable bonds is 7. The number of allylic oxidation sites excluding steroid dienone is 6. The SMILES string of the molecule is CNCCC1=C2C(=O)C(C3=CC(=O)c4[nH]cc(CCN(C)C)c4C3=O)=CC=C2N=C1. The minimum absolute atomic E-state index is 0.158. The maximum absolute atomic E-state index is 13.4. The third kappa shape index (κ3) is 3.36. The number of aromatic nitrogens is 1. The van der Waals surface area contributed by atoms with Gasteiger partial charge in [-0.05, 0) is 69.9 Å². The number of carbonyl (C=O) groups excluding carboxylic acids is 3. The molecule has 0 saturated carbocycles. The predicted molar refractivity (Wildman–Crippen MR) is 115 cm³/mol. The van der Waals surface area contributed by atoms with Crippen LogP contribution in [0.25, 0.3) is 0 Å². The molecule has 1 aromatic rings. The molecule has 7 nitrogen and oxygen atoms in total. The van der Waals surface area contributed by atoms with Crippen LogP contribution in [-0.2, 0) is 11.2 Å². The Bertz CT molecular complexity index is 1110. The number of likely N-dealkylation sites (N-methyl/N-ethyl adjacent to an activating group) is 1. The van der Waals surface area contributed by atoms with E-state index >= 15 is 0 Å². The van der Waals surface area contributed by atoms with Crippen molar-refractivity contribution in [2.45, 2.75) is 12.8 Å². The third-order valence-corrected chi connectivity index (χ3v) is 5.53. The molecular weight excluding hydrogens is 380 g/mol. The highest BCUT2D eigenvalue weighted by Gasteiger charge is 2.36. The summed E-state index contributed by atoms with van der Waals surface area (Å²) in [5, 5.41) is 3.07. The summed E-state index contributed by atoms with van der Waals surface area (Å²) in [7, 11) is 5.76. The largest absolute Gasteiger partial charge is 0.358 e. The molecule has 2 heterocycles. The number of carbonyl (C=O) groups is 3. The van der Waals surface area contributed by atoms with Crippen molar-refractivity contribution < 1.29 is 14.4 Å². The second kappa shape index (κ2) is 7.93. The van der Waals surface area contributed by atoms with Crippen molar-refractivity contribution in [2.24, 2.45) is 4.99 Å². The molecule has 2 aliphatic carbocycles. The summed E-state index contributed by atoms with van der Waals surface area (Å²) in [6, 6.07) is 0. The highest BCUT2D eigenvalue weighted by Crippen LogP contribution is 2.36. The molecular formula is C23H24N4O3. The zero-order valence-electron chi connectivity index (χ0n) is 17.3. The summed E-state index contributed by atoms with van der Waals surface area (Å²) in [4.78, 5) is 48.6. The van der Waals surface area contributed by atoms with Gasteiger partial charge in [0.25, 0.3) is 0 Å². The van der Waals surface area contributed by atoms with Crippen LogP contribution in [0, 0.1) is 0 Å². The first-order chi connectivity index (χ1) is 14.4. The van der Waals surface area contributed by atoms with Crippen molar-refractivity contribution in [1.29, 1.82) is 0 Å². The van der Waals surface area contributed by atoms with E-state index < -0.39 is 0 Å². The maximum atomic E-state index is 13.4. The fourth-order valence-corrected chi connectivity index (χ4v) is 3.93. The lowest BCUT2D eigenvalue weighted by atomic mass is 9.81. The lowest BCUT2D eigenvalue weighted by Gasteiger charge is -2.19. The zero-order chi connectivity index (χ0) is 21.4. The zero-order valence-corrected chi connectivity index (χ0v) is 17.3. The lowest BCUT2D eigenvalue weighted by Crippen LogP contribution is -2.24. The average Bonchev–Trinajstić information content (AvgIpc) is 3.33. The second-order valence-corrected chi connectivity index (χ2v) is 7.84. The summed E-state index contributed by atoms with van der Waals surface area (Å²) in [6.45, 7) is 1.46. The van der Waals surface area contributed by atoms with Gasteiger partial charge in [0, 0.05) is 30.1 Å². The molecule has 4 rings (SSSR count). The monoisotopic (exact) mass is 404 g/mol. The Labute approximate surface area is 174 Å². The molecule has 3 aliphatic rings. The van der Waals surface area contributed by atoms with Gasteiger partial charge < -0.3 is 15.2 Å². The molecule has 0 unspecified atom stereocenters. The molecule has 0 atom stereocenters. The molecule has 0 bridgehead atoms. The Balaban J connectivity index is 1.69. The van der Waals surface area contributed by atoms with Crippen LogP contribution in [0.2, 0.25) is 0 Å². The third-order valence-electron chi connectivity index (χ3n) is 5.53. The number of ketones is 3. The Morgan fingerprint density at radius 3 is 2.60 bits per heavy atom. The molecule has 30 heavy (non-hydrogen) atoms. The van der Waals surface area contributed by atoms with Crippen LogP contribution in [0.3, 0.4) is 0 Å². The fraction of sp³-hybridized carbons (Fsp3) is 0.304. The van der Waals surface area contributed by atoms with Crippen LogP contribution >= 0.6 is 0 Å². The standard InChI is InChI=1S/C23H24N4O3/c1-24-8-6-13-11-25-17-5-4-15(22(29)19(13)17)16-10-18(28)21-20(23(16)30)14(12-26-21)7-9-27(2)3/h4-5,10-12,24,26H,6-9H2,1-3H3. The van der Waals surface area contributed by atoms with Crippen molar-refractivity contribution >= 4 is 23.6 Å². The molecule has 0 spiro atoms. The van der Waals surface area contributed by atoms with E-state index in [0.717, 1.165) is 17.7 Å². The van der Waals surface area contributed by atoms with E-state index in [4.69, 9.17) is 0 Å². The second-order valence-electron chi connectivity index (χ2n) is 7.84. The fourth-order valence-electron chi connectivity index (χ4n) is 3.93. The van der Waals surface area contributed by atoms with E-state index in [0.29, 0.717) is 41.9 Å². The van der Waals surface area contributed by atoms with Gasteiger partial charge in [-0.15, -0.1) is 0 Å². The number of aromatic amines is 1. The van der Waals surface area contributed by atoms with E-state index in [9.17, 15) is 14.4 Å². The Morgan fingerprint density at radius 2 is 1.87 bits per heavy atom. The molecule has 154 valence electrons. The Morgan fingerprint density at radius 1 is 1.07 bits per heavy atom. The number of hydrogen-bond donors (Lipinski definition) is 2. The Kier molecular flexibility index (Phi) is 5.32. The van der Waals surface area contributed by atoms with Crippen molar-refractivity contribution in [2.75, 3.05) is 34.2 Å². The van der Waals surface area contributed by atoms with E-state index in [-0.39, 0.29) is 28.5 Å². The number of hydrogen-bond acceptors (Lipinski definition) is 6. The first kappa shape index (κ1) is 20.1. The van der Waals surface area contributed by atoms with Crippen molar-refractivity contribution in [3.63, 3.8) is 0 Å². The van der Waals surface area contributed by atoms with Crippen LogP contribution in [-0.4, -0.2) is 67.7 Å². The molecule has 0 amide bonds. The minimum Gasteiger partial charge on any atom is -0.358 e. The topological polar surface area (TPSA) is 94.6 Å². The molecule has 7 heteroatoms. The van der Waals surface area contributed by atoms with Gasteiger partial charge in [-0.2, -0.15) is 0 Å². The molecule has 0 radical (unpaired) electrons. The number of nitrogens with zero attached hydrogens (tertiary/aromatic N) is 2. The molecule has 1 aliphatic heterocycles. The quantitative estimate of drug-likeness (QED) is 0.723. The highest BCUT2D eigenvalue weighted by molar-refractivity contribution is 6.32. The molecule has 0 saturated heterocycles. The molecule has 2 N–H and O–H groups in total. The molecule has 1 aromatic heterocycles. The number of fused-ring (bicyclic) bond motifs is 2. The summed E-state index contributed by atoms with van der Waals surface area (Å²) in [5.74, 6) is -0.823. The summed E-state index contributed by atoms with van der Waals surface area (Å²) < 4.78 is 0. The average molecular weight is 404 g/mol. The van der Waals surface area contributed by atoms with Crippen LogP contribution in [0.15, 0.2) is 57.4 Å². The highest BCUT2D eigenvalue weighted by atomic mass is 16.1. The lowest BCUT2D eigenvalue weighted by molar-refractivity contribution is -0.111. The smallest absolute Gasteiger partial charge is 0.203 e. The van der Waals surface area contributed by atoms with Gasteiger partial charge in [0.2, 0.25) is 5.78 Å². The number of Topliss-reactive ketones (excluding diaryl/α,β-unsaturated/α-hetero) is 2. The van der Waals surface area contributed by atoms with Crippen molar-refractivity contribution in [1.82, 2.24) is 15.2 Å². The summed E-state index contributed by atoms with van der Waals surface area (Å²) >= 11 is 0. The minimum atomic E-state index is -0.286. The van der Waals surface area contributed by atoms with Crippen LogP contribution < -0.4 is 5.32 Å².